The molecule has 0 spiro atoms. The summed E-state index contributed by atoms with van der Waals surface area (Å²) in [5, 5.41) is 2.22. The van der Waals surface area contributed by atoms with Gasteiger partial charge in [-0.1, -0.05) is 0 Å². The Labute approximate surface area is 77.6 Å². The van der Waals surface area contributed by atoms with E-state index >= 15 is 0 Å². The summed E-state index contributed by atoms with van der Waals surface area (Å²) in [5.41, 5.74) is 7.14. The summed E-state index contributed by atoms with van der Waals surface area (Å²) in [6, 6.07) is 2.28. The molecule has 0 aromatic carbocycles. The fraction of sp³-hybridized carbons (Fsp3) is 0.600. The predicted octanol–water partition coefficient (Wildman–Crippen LogP) is 2.20. The molecule has 0 saturated heterocycles. The Balaban J connectivity index is 2.05. The van der Waals surface area contributed by atoms with Crippen molar-refractivity contribution in [2.75, 3.05) is 6.54 Å². The molecule has 0 aliphatic heterocycles. The molecule has 0 bridgehead atoms. The zero-order chi connectivity index (χ0) is 8.39. The van der Waals surface area contributed by atoms with Crippen LogP contribution in [0.15, 0.2) is 11.4 Å². The smallest absolute Gasteiger partial charge is 0.00774 e. The first-order valence-corrected chi connectivity index (χ1v) is 5.53. The quantitative estimate of drug-likeness (QED) is 0.743. The lowest BCUT2D eigenvalue weighted by molar-refractivity contribution is 0.436. The van der Waals surface area contributed by atoms with Crippen molar-refractivity contribution in [1.29, 1.82) is 0 Å². The summed E-state index contributed by atoms with van der Waals surface area (Å²) >= 11 is 1.91. The van der Waals surface area contributed by atoms with Crippen LogP contribution in [0.25, 0.3) is 0 Å². The van der Waals surface area contributed by atoms with Crippen molar-refractivity contribution in [2.45, 2.75) is 25.7 Å². The number of hydrogen-bond donors (Lipinski definition) is 1. The number of nitrogens with two attached hydrogens (primary N) is 1. The molecular formula is C10H15NS. The molecule has 1 aromatic rings. The van der Waals surface area contributed by atoms with Gasteiger partial charge < -0.3 is 5.73 Å². The average molecular weight is 181 g/mol. The second-order valence-corrected chi connectivity index (χ2v) is 4.56. The van der Waals surface area contributed by atoms with E-state index < -0.39 is 0 Å². The van der Waals surface area contributed by atoms with E-state index in [4.69, 9.17) is 5.73 Å². The molecule has 0 amide bonds. The van der Waals surface area contributed by atoms with Gasteiger partial charge >= 0.3 is 0 Å². The molecule has 0 fully saturated rings. The summed E-state index contributed by atoms with van der Waals surface area (Å²) in [7, 11) is 0. The monoisotopic (exact) mass is 181 g/mol. The molecular weight excluding hydrogens is 166 g/mol. The van der Waals surface area contributed by atoms with Gasteiger partial charge in [0.25, 0.3) is 0 Å². The molecule has 1 atom stereocenters. The minimum Gasteiger partial charge on any atom is -0.330 e. The standard InChI is InChI=1S/C10H15NS/c11-5-3-8-1-2-10-9(7-8)4-6-12-10/h4,6,8H,1-3,5,7,11H2. The van der Waals surface area contributed by atoms with Crippen molar-refractivity contribution >= 4 is 11.3 Å². The highest BCUT2D eigenvalue weighted by Gasteiger charge is 2.18. The second kappa shape index (κ2) is 3.58. The predicted molar refractivity (Wildman–Crippen MR) is 53.5 cm³/mol. The summed E-state index contributed by atoms with van der Waals surface area (Å²) in [6.45, 7) is 0.851. The minimum absolute atomic E-state index is 0.851. The van der Waals surface area contributed by atoms with Gasteiger partial charge in [0.1, 0.15) is 0 Å². The zero-order valence-electron chi connectivity index (χ0n) is 7.25. The SMILES string of the molecule is NCCC1CCc2sccc2C1. The third-order valence-electron chi connectivity index (χ3n) is 2.70. The first-order valence-electron chi connectivity index (χ1n) is 4.65. The second-order valence-electron chi connectivity index (χ2n) is 3.56. The molecule has 1 aliphatic carbocycles. The van der Waals surface area contributed by atoms with Gasteiger partial charge in [0.05, 0.1) is 0 Å². The van der Waals surface area contributed by atoms with E-state index in [1.54, 1.807) is 10.4 Å². The highest BCUT2D eigenvalue weighted by Crippen LogP contribution is 2.30. The van der Waals surface area contributed by atoms with Crippen molar-refractivity contribution in [3.8, 4) is 0 Å². The summed E-state index contributed by atoms with van der Waals surface area (Å²) in [6.07, 6.45) is 5.12. The van der Waals surface area contributed by atoms with Crippen LogP contribution in [0.2, 0.25) is 0 Å². The largest absolute Gasteiger partial charge is 0.330 e. The molecule has 2 N–H and O–H groups in total. The van der Waals surface area contributed by atoms with E-state index in [1.807, 2.05) is 11.3 Å². The lowest BCUT2D eigenvalue weighted by atomic mass is 9.86. The van der Waals surface area contributed by atoms with Crippen molar-refractivity contribution in [1.82, 2.24) is 0 Å². The molecule has 0 saturated carbocycles. The maximum absolute atomic E-state index is 5.56. The summed E-state index contributed by atoms with van der Waals surface area (Å²) < 4.78 is 0. The Morgan fingerprint density at radius 1 is 1.58 bits per heavy atom. The van der Waals surface area contributed by atoms with Gasteiger partial charge in [-0.2, -0.15) is 0 Å². The van der Waals surface area contributed by atoms with Crippen LogP contribution in [0.1, 0.15) is 23.3 Å². The molecule has 1 heterocycles. The third-order valence-corrected chi connectivity index (χ3v) is 3.72. The minimum atomic E-state index is 0.851. The van der Waals surface area contributed by atoms with E-state index in [-0.39, 0.29) is 0 Å². The van der Waals surface area contributed by atoms with Gasteiger partial charge in [-0.15, -0.1) is 11.3 Å². The van der Waals surface area contributed by atoms with Gasteiger partial charge in [0, 0.05) is 4.88 Å². The van der Waals surface area contributed by atoms with Crippen LogP contribution < -0.4 is 5.73 Å². The molecule has 1 unspecified atom stereocenters. The first-order chi connectivity index (χ1) is 5.90. The lowest BCUT2D eigenvalue weighted by Gasteiger charge is -2.21. The van der Waals surface area contributed by atoms with Crippen molar-refractivity contribution in [3.63, 3.8) is 0 Å². The number of rotatable bonds is 2. The van der Waals surface area contributed by atoms with E-state index in [0.717, 1.165) is 12.5 Å². The molecule has 1 nitrogen and oxygen atoms in total. The Kier molecular flexibility index (Phi) is 2.47. The fourth-order valence-electron chi connectivity index (χ4n) is 2.00. The number of thiophene rings is 1. The van der Waals surface area contributed by atoms with Gasteiger partial charge in [-0.3, -0.25) is 0 Å². The van der Waals surface area contributed by atoms with Crippen LogP contribution in [0.3, 0.4) is 0 Å². The summed E-state index contributed by atoms with van der Waals surface area (Å²) in [5.74, 6) is 0.858. The fourth-order valence-corrected chi connectivity index (χ4v) is 2.93. The van der Waals surface area contributed by atoms with Crippen LogP contribution in [-0.2, 0) is 12.8 Å². The highest BCUT2D eigenvalue weighted by atomic mass is 32.1. The van der Waals surface area contributed by atoms with Gasteiger partial charge in [0.15, 0.2) is 0 Å². The number of fused-ring (bicyclic) bond motifs is 1. The molecule has 1 aromatic heterocycles. The maximum Gasteiger partial charge on any atom is 0.00774 e. The Hall–Kier alpha value is -0.340. The van der Waals surface area contributed by atoms with Crippen LogP contribution in [0.4, 0.5) is 0 Å². The van der Waals surface area contributed by atoms with Crippen molar-refractivity contribution < 1.29 is 0 Å². The van der Waals surface area contributed by atoms with Gasteiger partial charge in [0.2, 0.25) is 0 Å². The molecule has 1 aliphatic rings. The van der Waals surface area contributed by atoms with Gasteiger partial charge in [-0.05, 0) is 55.2 Å². The van der Waals surface area contributed by atoms with Crippen LogP contribution in [0.5, 0.6) is 0 Å². The zero-order valence-corrected chi connectivity index (χ0v) is 8.07. The molecule has 66 valence electrons. The van der Waals surface area contributed by atoms with E-state index in [9.17, 15) is 0 Å². The van der Waals surface area contributed by atoms with Crippen LogP contribution in [0, 0.1) is 5.92 Å². The van der Waals surface area contributed by atoms with E-state index in [0.29, 0.717) is 0 Å². The molecule has 12 heavy (non-hydrogen) atoms. The molecule has 2 heteroatoms. The first kappa shape index (κ1) is 8.27. The van der Waals surface area contributed by atoms with Crippen LogP contribution >= 0.6 is 11.3 Å². The number of hydrogen-bond acceptors (Lipinski definition) is 2. The lowest BCUT2D eigenvalue weighted by Crippen LogP contribution is -2.16. The highest BCUT2D eigenvalue weighted by molar-refractivity contribution is 7.10. The Bertz CT molecular complexity index is 254. The average Bonchev–Trinajstić information content (AvgIpc) is 2.51. The Morgan fingerprint density at radius 3 is 3.33 bits per heavy atom. The van der Waals surface area contributed by atoms with Crippen molar-refractivity contribution in [3.05, 3.63) is 21.9 Å². The van der Waals surface area contributed by atoms with Gasteiger partial charge in [-0.25, -0.2) is 0 Å². The molecule has 2 rings (SSSR count). The Morgan fingerprint density at radius 2 is 2.50 bits per heavy atom. The van der Waals surface area contributed by atoms with E-state index in [1.165, 1.54) is 25.7 Å². The normalized spacial score (nSPS) is 22.2. The topological polar surface area (TPSA) is 26.0 Å². The van der Waals surface area contributed by atoms with Crippen molar-refractivity contribution in [2.24, 2.45) is 11.7 Å². The number of aryl methyl sites for hydroxylation is 1. The maximum atomic E-state index is 5.56. The third kappa shape index (κ3) is 1.54. The molecule has 0 radical (unpaired) electrons. The van der Waals surface area contributed by atoms with Crippen LogP contribution in [-0.4, -0.2) is 6.54 Å². The van der Waals surface area contributed by atoms with E-state index in [2.05, 4.69) is 11.4 Å². The summed E-state index contributed by atoms with van der Waals surface area (Å²) in [4.78, 5) is 1.61.